The van der Waals surface area contributed by atoms with Crippen LogP contribution in [0.4, 0.5) is 0 Å². The number of hydrogen-bond acceptors (Lipinski definition) is 4. The zero-order valence-electron chi connectivity index (χ0n) is 12.6. The van der Waals surface area contributed by atoms with Crippen LogP contribution < -0.4 is 5.32 Å². The summed E-state index contributed by atoms with van der Waals surface area (Å²) in [5, 5.41) is 2.62. The third-order valence-corrected chi connectivity index (χ3v) is 4.45. The van der Waals surface area contributed by atoms with Gasteiger partial charge in [0.15, 0.2) is 11.7 Å². The molecule has 0 aromatic carbocycles. The first kappa shape index (κ1) is 13.6. The Kier molecular flexibility index (Phi) is 2.63. The maximum absolute atomic E-state index is 11.9. The number of fused-ring (bicyclic) bond motifs is 2. The Balaban J connectivity index is 2.24. The van der Waals surface area contributed by atoms with Crippen LogP contribution in [0, 0.1) is 10.8 Å². The van der Waals surface area contributed by atoms with Gasteiger partial charge in [0.1, 0.15) is 5.76 Å². The highest BCUT2D eigenvalue weighted by Gasteiger charge is 2.66. The minimum Gasteiger partial charge on any atom is -0.494 e. The molecule has 0 spiro atoms. The van der Waals surface area contributed by atoms with Gasteiger partial charge in [-0.25, -0.2) is 9.78 Å². The average molecular weight is 279 g/mol. The van der Waals surface area contributed by atoms with Crippen molar-refractivity contribution in [3.63, 3.8) is 0 Å². The highest BCUT2D eigenvalue weighted by atomic mass is 17.2. The number of carbonyl (C=O) groups excluding carboxylic acids is 1. The van der Waals surface area contributed by atoms with Crippen molar-refractivity contribution in [2.75, 3.05) is 6.61 Å². The van der Waals surface area contributed by atoms with Gasteiger partial charge in [-0.1, -0.05) is 34.6 Å². The third kappa shape index (κ3) is 1.48. The van der Waals surface area contributed by atoms with Gasteiger partial charge in [0.05, 0.1) is 6.61 Å². The van der Waals surface area contributed by atoms with Crippen LogP contribution in [0.5, 0.6) is 0 Å². The van der Waals surface area contributed by atoms with Crippen LogP contribution >= 0.6 is 0 Å². The van der Waals surface area contributed by atoms with E-state index in [1.54, 1.807) is 6.20 Å². The molecule has 0 aromatic rings. The van der Waals surface area contributed by atoms with E-state index in [-0.39, 0.29) is 16.7 Å². The Labute approximate surface area is 118 Å². The van der Waals surface area contributed by atoms with Gasteiger partial charge in [-0.2, -0.15) is 0 Å². The number of ether oxygens (including phenoxy) is 1. The lowest BCUT2D eigenvalue weighted by Crippen LogP contribution is -2.59. The van der Waals surface area contributed by atoms with Crippen LogP contribution in [0.1, 0.15) is 34.6 Å². The van der Waals surface area contributed by atoms with Gasteiger partial charge in [-0.05, 0) is 6.08 Å². The van der Waals surface area contributed by atoms with Crippen molar-refractivity contribution in [3.8, 4) is 0 Å². The minimum atomic E-state index is -0.751. The quantitative estimate of drug-likeness (QED) is 0.690. The van der Waals surface area contributed by atoms with Gasteiger partial charge in [0.25, 0.3) is 5.91 Å². The van der Waals surface area contributed by atoms with Gasteiger partial charge in [0.2, 0.25) is 0 Å². The molecule has 3 heterocycles. The highest BCUT2D eigenvalue weighted by Crippen LogP contribution is 2.59. The van der Waals surface area contributed by atoms with Crippen LogP contribution in [0.25, 0.3) is 0 Å². The van der Waals surface area contributed by atoms with Gasteiger partial charge < -0.3 is 10.1 Å². The summed E-state index contributed by atoms with van der Waals surface area (Å²) >= 11 is 0. The van der Waals surface area contributed by atoms with E-state index in [0.717, 1.165) is 11.3 Å². The molecule has 3 aliphatic rings. The van der Waals surface area contributed by atoms with Gasteiger partial charge >= 0.3 is 0 Å². The normalized spacial score (nSPS) is 35.2. The molecular weight excluding hydrogens is 258 g/mol. The number of carbonyl (C=O) groups is 1. The van der Waals surface area contributed by atoms with Gasteiger partial charge in [0, 0.05) is 22.6 Å². The summed E-state index contributed by atoms with van der Waals surface area (Å²) in [4.78, 5) is 23.2. The Morgan fingerprint density at radius 2 is 2.05 bits per heavy atom. The molecule has 5 heteroatoms. The molecule has 1 N–H and O–H groups in total. The molecule has 0 aliphatic carbocycles. The lowest BCUT2D eigenvalue weighted by Gasteiger charge is -2.49. The third-order valence-electron chi connectivity index (χ3n) is 4.45. The lowest BCUT2D eigenvalue weighted by molar-refractivity contribution is -0.407. The van der Waals surface area contributed by atoms with E-state index in [1.165, 1.54) is 0 Å². The first-order chi connectivity index (χ1) is 9.21. The minimum absolute atomic E-state index is 0.231. The maximum atomic E-state index is 11.9. The van der Waals surface area contributed by atoms with E-state index in [9.17, 15) is 4.79 Å². The molecule has 0 radical (unpaired) electrons. The summed E-state index contributed by atoms with van der Waals surface area (Å²) in [6.45, 7) is 11.0. The summed E-state index contributed by atoms with van der Waals surface area (Å²) in [5.41, 5.74) is -0.420. The van der Waals surface area contributed by atoms with Crippen molar-refractivity contribution in [2.45, 2.75) is 46.3 Å². The van der Waals surface area contributed by atoms with Crippen molar-refractivity contribution < 1.29 is 19.3 Å². The van der Waals surface area contributed by atoms with Crippen molar-refractivity contribution >= 4 is 5.91 Å². The monoisotopic (exact) mass is 279 g/mol. The van der Waals surface area contributed by atoms with Crippen LogP contribution in [0.2, 0.25) is 0 Å². The van der Waals surface area contributed by atoms with E-state index in [1.807, 2.05) is 6.08 Å². The number of rotatable bonds is 0. The summed E-state index contributed by atoms with van der Waals surface area (Å²) < 4.78 is 5.96. The van der Waals surface area contributed by atoms with Crippen molar-refractivity contribution in [3.05, 3.63) is 23.6 Å². The Morgan fingerprint density at radius 1 is 1.35 bits per heavy atom. The molecule has 2 atom stereocenters. The second kappa shape index (κ2) is 3.86. The Morgan fingerprint density at radius 3 is 2.70 bits per heavy atom. The zero-order chi connectivity index (χ0) is 14.8. The van der Waals surface area contributed by atoms with E-state index in [4.69, 9.17) is 14.5 Å². The first-order valence-corrected chi connectivity index (χ1v) is 6.90. The molecule has 1 fully saturated rings. The standard InChI is InChI=1S/C15H21NO4/c1-13(2,3)15-11(18-8-14(15,4)5)9-6-7-16-12(17)10(9)19-20-15/h6-7,10H,8H2,1-5H3,(H,16,17)/t10-,15+/m0/s1. The fourth-order valence-corrected chi connectivity index (χ4v) is 3.61. The summed E-state index contributed by atoms with van der Waals surface area (Å²) in [6, 6.07) is 0. The number of hydrogen-bond donors (Lipinski definition) is 1. The SMILES string of the molecule is CC(C)(C)[C@]12OO[C@@H]3C(=O)NC=CC3=C1OCC2(C)C. The van der Waals surface area contributed by atoms with Gasteiger partial charge in [-0.3, -0.25) is 4.79 Å². The first-order valence-electron chi connectivity index (χ1n) is 6.90. The smallest absolute Gasteiger partial charge is 0.261 e. The van der Waals surface area contributed by atoms with E-state index < -0.39 is 11.7 Å². The molecule has 0 bridgehead atoms. The molecule has 0 unspecified atom stereocenters. The van der Waals surface area contributed by atoms with E-state index >= 15 is 0 Å². The molecule has 0 saturated carbocycles. The van der Waals surface area contributed by atoms with Crippen LogP contribution in [0.3, 0.4) is 0 Å². The second-order valence-corrected chi connectivity index (χ2v) is 7.29. The molecule has 1 saturated heterocycles. The molecule has 20 heavy (non-hydrogen) atoms. The summed E-state index contributed by atoms with van der Waals surface area (Å²) in [5.74, 6) is 0.503. The van der Waals surface area contributed by atoms with Crippen LogP contribution in [0.15, 0.2) is 23.6 Å². The molecule has 5 nitrogen and oxygen atoms in total. The fraction of sp³-hybridized carbons (Fsp3) is 0.667. The number of nitrogens with one attached hydrogen (secondary N) is 1. The zero-order valence-corrected chi connectivity index (χ0v) is 12.6. The second-order valence-electron chi connectivity index (χ2n) is 7.29. The molecule has 1 amide bonds. The summed E-state index contributed by atoms with van der Waals surface area (Å²) in [6.07, 6.45) is 2.71. The Bertz CT molecular complexity index is 526. The van der Waals surface area contributed by atoms with Crippen molar-refractivity contribution in [2.24, 2.45) is 10.8 Å². The topological polar surface area (TPSA) is 56.8 Å². The Hall–Kier alpha value is -1.33. The average Bonchev–Trinajstić information content (AvgIpc) is 2.62. The molecular formula is C15H21NO4. The highest BCUT2D eigenvalue weighted by molar-refractivity contribution is 5.87. The maximum Gasteiger partial charge on any atom is 0.261 e. The van der Waals surface area contributed by atoms with E-state index in [2.05, 4.69) is 39.9 Å². The molecule has 3 rings (SSSR count). The molecule has 3 aliphatic heterocycles. The van der Waals surface area contributed by atoms with Crippen molar-refractivity contribution in [1.82, 2.24) is 5.32 Å². The van der Waals surface area contributed by atoms with Crippen LogP contribution in [-0.2, 0) is 19.3 Å². The van der Waals surface area contributed by atoms with E-state index in [0.29, 0.717) is 6.61 Å². The lowest BCUT2D eigenvalue weighted by atomic mass is 9.61. The molecule has 0 aromatic heterocycles. The predicted octanol–water partition coefficient (Wildman–Crippen LogP) is 2.06. The van der Waals surface area contributed by atoms with Crippen LogP contribution in [-0.4, -0.2) is 24.2 Å². The van der Waals surface area contributed by atoms with Crippen molar-refractivity contribution in [1.29, 1.82) is 0 Å². The molecule has 110 valence electrons. The fourth-order valence-electron chi connectivity index (χ4n) is 3.61. The number of amides is 1. The van der Waals surface area contributed by atoms with Gasteiger partial charge in [-0.15, -0.1) is 0 Å². The predicted molar refractivity (Wildman–Crippen MR) is 72.2 cm³/mol. The summed E-state index contributed by atoms with van der Waals surface area (Å²) in [7, 11) is 0. The largest absolute Gasteiger partial charge is 0.494 e.